The zero-order chi connectivity index (χ0) is 14.0. The summed E-state index contributed by atoms with van der Waals surface area (Å²) in [6.45, 7) is 3.80. The first-order valence-electron chi connectivity index (χ1n) is 5.88. The Morgan fingerprint density at radius 3 is 2.56 bits per heavy atom. The fourth-order valence-corrected chi connectivity index (χ4v) is 3.69. The first-order chi connectivity index (χ1) is 8.23. The highest BCUT2D eigenvalue weighted by molar-refractivity contribution is 7.91. The van der Waals surface area contributed by atoms with E-state index in [0.29, 0.717) is 6.42 Å². The smallest absolute Gasteiger partial charge is 0.230 e. The van der Waals surface area contributed by atoms with Crippen molar-refractivity contribution in [3.05, 3.63) is 0 Å². The third-order valence-electron chi connectivity index (χ3n) is 3.26. The van der Waals surface area contributed by atoms with Crippen molar-refractivity contribution in [1.82, 2.24) is 4.90 Å². The highest BCUT2D eigenvalue weighted by Gasteiger charge is 2.39. The Kier molecular flexibility index (Phi) is 4.41. The maximum Gasteiger partial charge on any atom is 0.230 e. The predicted molar refractivity (Wildman–Crippen MR) is 70.4 cm³/mol. The Bertz CT molecular complexity index is 462. The van der Waals surface area contributed by atoms with Crippen molar-refractivity contribution in [2.45, 2.75) is 26.3 Å². The van der Waals surface area contributed by atoms with E-state index in [0.717, 1.165) is 0 Å². The van der Waals surface area contributed by atoms with Crippen LogP contribution in [0.1, 0.15) is 20.3 Å². The summed E-state index contributed by atoms with van der Waals surface area (Å²) in [5.41, 5.74) is 4.86. The van der Waals surface area contributed by atoms with E-state index in [1.54, 1.807) is 13.8 Å². The minimum Gasteiger partial charge on any atom is -0.329 e. The molecule has 18 heavy (non-hydrogen) atoms. The molecule has 5 nitrogen and oxygen atoms in total. The second-order valence-electron chi connectivity index (χ2n) is 5.28. The lowest BCUT2D eigenvalue weighted by Gasteiger charge is -2.33. The minimum atomic E-state index is -3.04. The maximum absolute atomic E-state index is 12.3. The molecule has 1 amide bonds. The summed E-state index contributed by atoms with van der Waals surface area (Å²) in [7, 11) is -3.04. The molecular formula is C12H20N2O3S. The van der Waals surface area contributed by atoms with Crippen LogP contribution in [0.5, 0.6) is 0 Å². The molecule has 0 aromatic carbocycles. The summed E-state index contributed by atoms with van der Waals surface area (Å²) < 4.78 is 23.0. The molecule has 2 N–H and O–H groups in total. The van der Waals surface area contributed by atoms with Gasteiger partial charge < -0.3 is 10.6 Å². The molecule has 0 aliphatic carbocycles. The molecule has 0 bridgehead atoms. The van der Waals surface area contributed by atoms with Crippen molar-refractivity contribution in [1.29, 1.82) is 0 Å². The number of nitrogens with zero attached hydrogens (tertiary/aromatic N) is 1. The molecule has 1 aliphatic rings. The molecule has 1 aliphatic heterocycles. The van der Waals surface area contributed by atoms with Crippen LogP contribution < -0.4 is 5.73 Å². The van der Waals surface area contributed by atoms with Gasteiger partial charge in [-0.05, 0) is 20.3 Å². The number of rotatable bonds is 4. The van der Waals surface area contributed by atoms with Gasteiger partial charge in [0, 0.05) is 12.6 Å². The number of hydrogen-bond donors (Lipinski definition) is 1. The average Bonchev–Trinajstić information content (AvgIpc) is 2.65. The van der Waals surface area contributed by atoms with Crippen LogP contribution in [0.15, 0.2) is 0 Å². The van der Waals surface area contributed by atoms with E-state index in [2.05, 4.69) is 5.92 Å². The highest BCUT2D eigenvalue weighted by Crippen LogP contribution is 2.24. The van der Waals surface area contributed by atoms with Crippen LogP contribution in [0.3, 0.4) is 0 Å². The fraction of sp³-hybridized carbons (Fsp3) is 0.750. The van der Waals surface area contributed by atoms with Gasteiger partial charge in [0.05, 0.1) is 23.5 Å². The minimum absolute atomic E-state index is 0.00106. The number of sulfone groups is 1. The van der Waals surface area contributed by atoms with Crippen molar-refractivity contribution in [2.75, 3.05) is 24.6 Å². The SMILES string of the molecule is C#CCN(C(=O)C(C)(C)CN)C1CCS(=O)(=O)C1. The predicted octanol–water partition coefficient (Wildman–Crippen LogP) is -0.380. The van der Waals surface area contributed by atoms with Crippen LogP contribution >= 0.6 is 0 Å². The molecular weight excluding hydrogens is 252 g/mol. The van der Waals surface area contributed by atoms with E-state index in [4.69, 9.17) is 12.2 Å². The van der Waals surface area contributed by atoms with E-state index in [1.807, 2.05) is 0 Å². The number of amides is 1. The zero-order valence-electron chi connectivity index (χ0n) is 10.8. The van der Waals surface area contributed by atoms with Crippen molar-refractivity contribution >= 4 is 15.7 Å². The molecule has 0 spiro atoms. The van der Waals surface area contributed by atoms with Gasteiger partial charge in [-0.2, -0.15) is 0 Å². The number of carbonyl (C=O) groups is 1. The van der Waals surface area contributed by atoms with Crippen molar-refractivity contribution in [3.8, 4) is 12.3 Å². The van der Waals surface area contributed by atoms with E-state index < -0.39 is 15.3 Å². The third kappa shape index (κ3) is 3.24. The van der Waals surface area contributed by atoms with Gasteiger partial charge in [0.25, 0.3) is 0 Å². The highest BCUT2D eigenvalue weighted by atomic mass is 32.2. The summed E-state index contributed by atoms with van der Waals surface area (Å²) in [5, 5.41) is 0. The summed E-state index contributed by atoms with van der Waals surface area (Å²) in [6, 6.07) is -0.315. The summed E-state index contributed by atoms with van der Waals surface area (Å²) >= 11 is 0. The Labute approximate surface area is 109 Å². The van der Waals surface area contributed by atoms with Gasteiger partial charge in [0.15, 0.2) is 9.84 Å². The Morgan fingerprint density at radius 2 is 2.17 bits per heavy atom. The molecule has 1 atom stereocenters. The first kappa shape index (κ1) is 15.0. The lowest BCUT2D eigenvalue weighted by atomic mass is 9.91. The maximum atomic E-state index is 12.3. The average molecular weight is 272 g/mol. The van der Waals surface area contributed by atoms with Crippen molar-refractivity contribution in [3.63, 3.8) is 0 Å². The van der Waals surface area contributed by atoms with E-state index in [1.165, 1.54) is 4.90 Å². The van der Waals surface area contributed by atoms with Crippen LogP contribution in [0.25, 0.3) is 0 Å². The van der Waals surface area contributed by atoms with Crippen LogP contribution in [0.4, 0.5) is 0 Å². The summed E-state index contributed by atoms with van der Waals surface area (Å²) in [4.78, 5) is 13.8. The van der Waals surface area contributed by atoms with E-state index in [9.17, 15) is 13.2 Å². The molecule has 6 heteroatoms. The summed E-state index contributed by atoms with van der Waals surface area (Å²) in [5.74, 6) is 2.36. The molecule has 1 heterocycles. The molecule has 102 valence electrons. The third-order valence-corrected chi connectivity index (χ3v) is 5.01. The molecule has 0 saturated carbocycles. The normalized spacial score (nSPS) is 22.4. The van der Waals surface area contributed by atoms with Gasteiger partial charge in [0.2, 0.25) is 5.91 Å². The van der Waals surface area contributed by atoms with Gasteiger partial charge in [0.1, 0.15) is 0 Å². The molecule has 0 aromatic rings. The van der Waals surface area contributed by atoms with Gasteiger partial charge in [-0.15, -0.1) is 6.42 Å². The largest absolute Gasteiger partial charge is 0.329 e. The lowest BCUT2D eigenvalue weighted by Crippen LogP contribution is -2.49. The van der Waals surface area contributed by atoms with Crippen LogP contribution in [0.2, 0.25) is 0 Å². The molecule has 1 unspecified atom stereocenters. The fourth-order valence-electron chi connectivity index (χ4n) is 1.96. The Hall–Kier alpha value is -1.06. The molecule has 1 fully saturated rings. The quantitative estimate of drug-likeness (QED) is 0.707. The zero-order valence-corrected chi connectivity index (χ0v) is 11.7. The number of nitrogens with two attached hydrogens (primary N) is 1. The molecule has 0 aromatic heterocycles. The monoisotopic (exact) mass is 272 g/mol. The summed E-state index contributed by atoms with van der Waals surface area (Å²) in [6.07, 6.45) is 5.72. The van der Waals surface area contributed by atoms with Crippen molar-refractivity contribution in [2.24, 2.45) is 11.1 Å². The number of carbonyl (C=O) groups excluding carboxylic acids is 1. The Morgan fingerprint density at radius 1 is 1.56 bits per heavy atom. The second-order valence-corrected chi connectivity index (χ2v) is 7.51. The van der Waals surface area contributed by atoms with Gasteiger partial charge in [-0.3, -0.25) is 4.79 Å². The second kappa shape index (κ2) is 5.29. The topological polar surface area (TPSA) is 80.5 Å². The van der Waals surface area contributed by atoms with Crippen LogP contribution in [-0.4, -0.2) is 49.9 Å². The lowest BCUT2D eigenvalue weighted by molar-refractivity contribution is -0.141. The van der Waals surface area contributed by atoms with E-state index in [-0.39, 0.29) is 36.5 Å². The van der Waals surface area contributed by atoms with Gasteiger partial charge in [-0.25, -0.2) is 8.42 Å². The first-order valence-corrected chi connectivity index (χ1v) is 7.70. The number of hydrogen-bond acceptors (Lipinski definition) is 4. The Balaban J connectivity index is 2.91. The van der Waals surface area contributed by atoms with E-state index >= 15 is 0 Å². The van der Waals surface area contributed by atoms with Crippen LogP contribution in [-0.2, 0) is 14.6 Å². The number of terminal acetylenes is 1. The molecule has 1 saturated heterocycles. The molecule has 0 radical (unpaired) electrons. The van der Waals surface area contributed by atoms with Crippen LogP contribution in [0, 0.1) is 17.8 Å². The standard InChI is InChI=1S/C12H20N2O3S/c1-4-6-14(11(15)12(2,3)9-13)10-5-7-18(16,17)8-10/h1,10H,5-9,13H2,2-3H3. The molecule has 1 rings (SSSR count). The van der Waals surface area contributed by atoms with Crippen molar-refractivity contribution < 1.29 is 13.2 Å². The van der Waals surface area contributed by atoms with Gasteiger partial charge in [-0.1, -0.05) is 5.92 Å². The van der Waals surface area contributed by atoms with Gasteiger partial charge >= 0.3 is 0 Å².